The van der Waals surface area contributed by atoms with Gasteiger partial charge in [0, 0.05) is 0 Å². The molecule has 0 saturated heterocycles. The van der Waals surface area contributed by atoms with Crippen molar-refractivity contribution < 1.29 is 13.0 Å². The summed E-state index contributed by atoms with van der Waals surface area (Å²) in [6.45, 7) is 6.70. The van der Waals surface area contributed by atoms with Crippen LogP contribution in [0.1, 0.15) is 153 Å². The minimum absolute atomic E-state index is 0.161. The van der Waals surface area contributed by atoms with E-state index in [1.807, 2.05) is 6.07 Å². The van der Waals surface area contributed by atoms with Gasteiger partial charge >= 0.3 is 0 Å². The number of hydrogen-bond acceptors (Lipinski definition) is 2. The van der Waals surface area contributed by atoms with Gasteiger partial charge in [-0.15, -0.1) is 0 Å². The van der Waals surface area contributed by atoms with Gasteiger partial charge in [0.2, 0.25) is 0 Å². The van der Waals surface area contributed by atoms with E-state index in [4.69, 9.17) is 0 Å². The highest BCUT2D eigenvalue weighted by Crippen LogP contribution is 2.27. The van der Waals surface area contributed by atoms with Gasteiger partial charge in [-0.05, 0) is 61.3 Å². The normalized spacial score (nSPS) is 11.9. The van der Waals surface area contributed by atoms with Gasteiger partial charge in [-0.2, -0.15) is 8.42 Å². The summed E-state index contributed by atoms with van der Waals surface area (Å²) in [7, 11) is -4.20. The van der Waals surface area contributed by atoms with Gasteiger partial charge < -0.3 is 0 Å². The van der Waals surface area contributed by atoms with E-state index in [9.17, 15) is 13.0 Å². The van der Waals surface area contributed by atoms with E-state index in [0.29, 0.717) is 0 Å². The molecule has 0 atom stereocenters. The number of unbranched alkanes of at least 4 members (excludes halogenated alkanes) is 15. The molecule has 4 heteroatoms. The Morgan fingerprint density at radius 2 is 0.824 bits per heavy atom. The minimum atomic E-state index is -4.20. The second-order valence-electron chi connectivity index (χ2n) is 10.3. The van der Waals surface area contributed by atoms with Crippen molar-refractivity contribution in [2.75, 3.05) is 0 Å². The molecule has 0 bridgehead atoms. The van der Waals surface area contributed by atoms with Crippen LogP contribution in [0.2, 0.25) is 0 Å². The summed E-state index contributed by atoms with van der Waals surface area (Å²) in [4.78, 5) is 0.161. The van der Waals surface area contributed by atoms with Crippen molar-refractivity contribution in [1.29, 1.82) is 0 Å². The van der Waals surface area contributed by atoms with Crippen LogP contribution in [-0.4, -0.2) is 13.0 Å². The predicted octanol–water partition coefficient (Wildman–Crippen LogP) is 9.64. The average Bonchev–Trinajstić information content (AvgIpc) is 2.80. The van der Waals surface area contributed by atoms with E-state index in [0.717, 1.165) is 56.1 Å². The summed E-state index contributed by atoms with van der Waals surface area (Å²) < 4.78 is 34.5. The molecule has 0 saturated carbocycles. The lowest BCUT2D eigenvalue weighted by Crippen LogP contribution is -2.08. The summed E-state index contributed by atoms with van der Waals surface area (Å²) in [5.41, 5.74) is 3.28. The summed E-state index contributed by atoms with van der Waals surface area (Å²) in [5.74, 6) is 0. The molecule has 3 nitrogen and oxygen atoms in total. The molecule has 0 radical (unpaired) electrons. The van der Waals surface area contributed by atoms with Gasteiger partial charge in [-0.1, -0.05) is 123 Å². The van der Waals surface area contributed by atoms with Gasteiger partial charge in [0.05, 0.1) is 4.90 Å². The Morgan fingerprint density at radius 3 is 1.21 bits per heavy atom. The Hall–Kier alpha value is -0.870. The third kappa shape index (κ3) is 13.9. The van der Waals surface area contributed by atoms with Crippen LogP contribution in [0, 0.1) is 0 Å². The number of hydrogen-bond donors (Lipinski definition) is 1. The van der Waals surface area contributed by atoms with Crippen LogP contribution in [0.3, 0.4) is 0 Å². The number of rotatable bonds is 22. The van der Waals surface area contributed by atoms with Crippen molar-refractivity contribution in [1.82, 2.24) is 0 Å². The molecule has 0 unspecified atom stereocenters. The third-order valence-corrected chi connectivity index (χ3v) is 8.00. The topological polar surface area (TPSA) is 54.4 Å². The van der Waals surface area contributed by atoms with Crippen LogP contribution < -0.4 is 0 Å². The van der Waals surface area contributed by atoms with Crippen LogP contribution in [0.15, 0.2) is 17.0 Å². The molecular weight excluding hydrogens is 440 g/mol. The summed E-state index contributed by atoms with van der Waals surface area (Å²) in [6.07, 6.45) is 24.7. The summed E-state index contributed by atoms with van der Waals surface area (Å²) in [6, 6.07) is 3.95. The van der Waals surface area contributed by atoms with E-state index in [1.165, 1.54) is 95.5 Å². The Morgan fingerprint density at radius 1 is 0.500 bits per heavy atom. The van der Waals surface area contributed by atoms with E-state index in [-0.39, 0.29) is 4.90 Å². The molecule has 198 valence electrons. The molecule has 0 aliphatic heterocycles. The van der Waals surface area contributed by atoms with Crippen molar-refractivity contribution in [2.45, 2.75) is 161 Å². The average molecular weight is 495 g/mol. The monoisotopic (exact) mass is 494 g/mol. The van der Waals surface area contributed by atoms with Gasteiger partial charge in [0.15, 0.2) is 0 Å². The van der Waals surface area contributed by atoms with E-state index < -0.39 is 10.1 Å². The first-order valence-corrected chi connectivity index (χ1v) is 16.0. The number of benzene rings is 1. The third-order valence-electron chi connectivity index (χ3n) is 7.06. The van der Waals surface area contributed by atoms with Crippen molar-refractivity contribution in [2.24, 2.45) is 0 Å². The first kappa shape index (κ1) is 31.2. The zero-order valence-electron chi connectivity index (χ0n) is 22.7. The Bertz CT molecular complexity index is 740. The molecule has 0 aromatic heterocycles. The molecular formula is C30H54O3S. The predicted molar refractivity (Wildman–Crippen MR) is 147 cm³/mol. The van der Waals surface area contributed by atoms with E-state index in [2.05, 4.69) is 26.8 Å². The molecule has 0 aliphatic rings. The fourth-order valence-corrected chi connectivity index (χ4v) is 5.69. The zero-order chi connectivity index (χ0) is 25.1. The lowest BCUT2D eigenvalue weighted by Gasteiger charge is -2.16. The minimum Gasteiger partial charge on any atom is -0.282 e. The molecule has 1 N–H and O–H groups in total. The van der Waals surface area contributed by atoms with E-state index >= 15 is 0 Å². The smallest absolute Gasteiger partial charge is 0.282 e. The molecule has 0 fully saturated rings. The van der Waals surface area contributed by atoms with Crippen LogP contribution in [0.25, 0.3) is 0 Å². The lowest BCUT2D eigenvalue weighted by atomic mass is 9.93. The van der Waals surface area contributed by atoms with Crippen molar-refractivity contribution in [3.8, 4) is 0 Å². The first-order valence-electron chi connectivity index (χ1n) is 14.6. The summed E-state index contributed by atoms with van der Waals surface area (Å²) >= 11 is 0. The highest BCUT2D eigenvalue weighted by Gasteiger charge is 2.19. The fourth-order valence-electron chi connectivity index (χ4n) is 4.91. The Labute approximate surface area is 212 Å². The van der Waals surface area contributed by atoms with Gasteiger partial charge in [0.25, 0.3) is 10.1 Å². The van der Waals surface area contributed by atoms with Crippen molar-refractivity contribution in [3.05, 3.63) is 28.8 Å². The highest BCUT2D eigenvalue weighted by atomic mass is 32.2. The molecule has 0 heterocycles. The first-order chi connectivity index (χ1) is 16.4. The van der Waals surface area contributed by atoms with Crippen LogP contribution in [-0.2, 0) is 29.4 Å². The second kappa shape index (κ2) is 19.3. The van der Waals surface area contributed by atoms with E-state index in [1.54, 1.807) is 0 Å². The quantitative estimate of drug-likeness (QED) is 0.129. The van der Waals surface area contributed by atoms with Gasteiger partial charge in [0.1, 0.15) is 0 Å². The molecule has 0 aliphatic carbocycles. The van der Waals surface area contributed by atoms with Crippen molar-refractivity contribution in [3.63, 3.8) is 0 Å². The summed E-state index contributed by atoms with van der Waals surface area (Å²) in [5, 5.41) is 0. The molecule has 0 amide bonds. The molecule has 1 aromatic rings. The Kier molecular flexibility index (Phi) is 17.7. The zero-order valence-corrected chi connectivity index (χ0v) is 23.5. The maximum atomic E-state index is 12.3. The Balaban J connectivity index is 2.90. The highest BCUT2D eigenvalue weighted by molar-refractivity contribution is 7.85. The molecule has 1 aromatic carbocycles. The van der Waals surface area contributed by atoms with Gasteiger partial charge in [-0.25, -0.2) is 0 Å². The van der Waals surface area contributed by atoms with Gasteiger partial charge in [-0.3, -0.25) is 4.55 Å². The SMILES string of the molecule is CCCCCCCCc1cc(CCCCCCCC)c(S(=O)(=O)O)cc1CCCCCCCC. The molecule has 0 spiro atoms. The standard InChI is InChI=1S/C30H54O3S/c1-4-7-10-13-16-19-22-27-25-29(24-21-18-15-12-9-6-3)30(34(31,32)33)26-28(27)23-20-17-14-11-8-5-2/h25-26H,4-24H2,1-3H3,(H,31,32,33). The van der Waals surface area contributed by atoms with Crippen LogP contribution in [0.5, 0.6) is 0 Å². The second-order valence-corrected chi connectivity index (χ2v) is 11.6. The lowest BCUT2D eigenvalue weighted by molar-refractivity contribution is 0.481. The van der Waals surface area contributed by atoms with Crippen molar-refractivity contribution >= 4 is 10.1 Å². The number of aryl methyl sites for hydroxylation is 3. The maximum Gasteiger partial charge on any atom is 0.294 e. The fraction of sp³-hybridized carbons (Fsp3) is 0.800. The molecule has 34 heavy (non-hydrogen) atoms. The maximum absolute atomic E-state index is 12.3. The van der Waals surface area contributed by atoms with Crippen LogP contribution >= 0.6 is 0 Å². The largest absolute Gasteiger partial charge is 0.294 e. The molecule has 1 rings (SSSR count). The van der Waals surface area contributed by atoms with Crippen LogP contribution in [0.4, 0.5) is 0 Å².